The van der Waals surface area contributed by atoms with Crippen LogP contribution in [0.2, 0.25) is 0 Å². The predicted octanol–water partition coefficient (Wildman–Crippen LogP) is 2.30. The molecule has 1 heterocycles. The van der Waals surface area contributed by atoms with Gasteiger partial charge in [0.1, 0.15) is 0 Å². The zero-order valence-electron chi connectivity index (χ0n) is 6.25. The smallest absolute Gasteiger partial charge is 0.0466 e. The maximum absolute atomic E-state index is 4.94. The van der Waals surface area contributed by atoms with Gasteiger partial charge in [-0.1, -0.05) is 24.3 Å². The summed E-state index contributed by atoms with van der Waals surface area (Å²) in [6, 6.07) is 0. The molecular weight excluding hydrogens is 124 g/mol. The van der Waals surface area contributed by atoms with Crippen molar-refractivity contribution in [3.05, 3.63) is 24.3 Å². The molecule has 0 spiro atoms. The lowest BCUT2D eigenvalue weighted by molar-refractivity contribution is 0.198. The summed E-state index contributed by atoms with van der Waals surface area (Å²) < 4.78 is 4.94. The first-order valence-electron chi connectivity index (χ1n) is 3.89. The first-order chi connectivity index (χ1) is 5.00. The van der Waals surface area contributed by atoms with Gasteiger partial charge in [0, 0.05) is 13.2 Å². The minimum Gasteiger partial charge on any atom is -0.381 e. The Morgan fingerprint density at radius 3 is 1.70 bits per heavy atom. The molecule has 0 aromatic heterocycles. The third kappa shape index (κ3) is 3.46. The van der Waals surface area contributed by atoms with E-state index in [1.54, 1.807) is 0 Å². The SMILES string of the molecule is C1=CCC=C1.C1CCOC1. The van der Waals surface area contributed by atoms with Crippen molar-refractivity contribution in [2.75, 3.05) is 13.2 Å². The van der Waals surface area contributed by atoms with Crippen LogP contribution in [0.25, 0.3) is 0 Å². The van der Waals surface area contributed by atoms with Crippen molar-refractivity contribution >= 4 is 0 Å². The molecule has 1 nitrogen and oxygen atoms in total. The van der Waals surface area contributed by atoms with Crippen LogP contribution in [0.15, 0.2) is 24.3 Å². The van der Waals surface area contributed by atoms with E-state index in [9.17, 15) is 0 Å². The van der Waals surface area contributed by atoms with Crippen LogP contribution in [-0.2, 0) is 4.74 Å². The quantitative estimate of drug-likeness (QED) is 0.499. The number of allylic oxidation sites excluding steroid dienone is 4. The summed E-state index contributed by atoms with van der Waals surface area (Å²) in [6.07, 6.45) is 12.1. The van der Waals surface area contributed by atoms with Crippen LogP contribution >= 0.6 is 0 Å². The molecule has 0 amide bonds. The zero-order chi connectivity index (χ0) is 7.07. The van der Waals surface area contributed by atoms with E-state index in [0.29, 0.717) is 0 Å². The summed E-state index contributed by atoms with van der Waals surface area (Å²) in [4.78, 5) is 0. The van der Waals surface area contributed by atoms with Crippen LogP contribution in [0.1, 0.15) is 19.3 Å². The number of hydrogen-bond donors (Lipinski definition) is 0. The second kappa shape index (κ2) is 5.24. The van der Waals surface area contributed by atoms with E-state index in [1.165, 1.54) is 12.8 Å². The van der Waals surface area contributed by atoms with Crippen molar-refractivity contribution in [2.24, 2.45) is 0 Å². The average molecular weight is 138 g/mol. The van der Waals surface area contributed by atoms with Gasteiger partial charge in [-0.25, -0.2) is 0 Å². The van der Waals surface area contributed by atoms with Crippen LogP contribution < -0.4 is 0 Å². The minimum atomic E-state index is 1.00. The molecule has 1 aliphatic carbocycles. The largest absolute Gasteiger partial charge is 0.381 e. The van der Waals surface area contributed by atoms with Gasteiger partial charge in [-0.2, -0.15) is 0 Å². The van der Waals surface area contributed by atoms with Gasteiger partial charge in [0.05, 0.1) is 0 Å². The third-order valence-corrected chi connectivity index (χ3v) is 1.48. The van der Waals surface area contributed by atoms with Crippen molar-refractivity contribution in [3.63, 3.8) is 0 Å². The van der Waals surface area contributed by atoms with Gasteiger partial charge >= 0.3 is 0 Å². The maximum atomic E-state index is 4.94. The molecule has 0 atom stereocenters. The Kier molecular flexibility index (Phi) is 3.96. The molecule has 2 aliphatic rings. The van der Waals surface area contributed by atoms with E-state index >= 15 is 0 Å². The first-order valence-corrected chi connectivity index (χ1v) is 3.89. The Hall–Kier alpha value is -0.560. The molecule has 10 heavy (non-hydrogen) atoms. The molecule has 0 bridgehead atoms. The second-order valence-electron chi connectivity index (χ2n) is 2.41. The minimum absolute atomic E-state index is 1.00. The Morgan fingerprint density at radius 2 is 1.50 bits per heavy atom. The second-order valence-corrected chi connectivity index (χ2v) is 2.41. The van der Waals surface area contributed by atoms with Gasteiger partial charge in [0.15, 0.2) is 0 Å². The predicted molar refractivity (Wildman–Crippen MR) is 43.0 cm³/mol. The van der Waals surface area contributed by atoms with E-state index < -0.39 is 0 Å². The van der Waals surface area contributed by atoms with Gasteiger partial charge < -0.3 is 4.74 Å². The van der Waals surface area contributed by atoms with Crippen molar-refractivity contribution in [1.82, 2.24) is 0 Å². The van der Waals surface area contributed by atoms with Gasteiger partial charge in [0.25, 0.3) is 0 Å². The molecule has 1 fully saturated rings. The molecule has 1 heteroatoms. The summed E-state index contributed by atoms with van der Waals surface area (Å²) >= 11 is 0. The van der Waals surface area contributed by atoms with Crippen LogP contribution in [0.5, 0.6) is 0 Å². The van der Waals surface area contributed by atoms with Gasteiger partial charge in [-0.05, 0) is 19.3 Å². The molecule has 56 valence electrons. The number of ether oxygens (including phenoxy) is 1. The van der Waals surface area contributed by atoms with Crippen molar-refractivity contribution in [1.29, 1.82) is 0 Å². The standard InChI is InChI=1S/C5H6.C4H8O/c2*1-2-4-5-3-1/h1-4H,5H2;1-4H2. The van der Waals surface area contributed by atoms with E-state index in [1.807, 2.05) is 0 Å². The van der Waals surface area contributed by atoms with Gasteiger partial charge in [0.2, 0.25) is 0 Å². The van der Waals surface area contributed by atoms with Gasteiger partial charge in [-0.15, -0.1) is 0 Å². The number of hydrogen-bond acceptors (Lipinski definition) is 1. The Labute approximate surface area is 62.4 Å². The normalized spacial score (nSPS) is 20.8. The van der Waals surface area contributed by atoms with Crippen LogP contribution in [0.4, 0.5) is 0 Å². The molecule has 0 unspecified atom stereocenters. The lowest BCUT2D eigenvalue weighted by atomic mass is 10.4. The van der Waals surface area contributed by atoms with Crippen LogP contribution in [-0.4, -0.2) is 13.2 Å². The highest BCUT2D eigenvalue weighted by atomic mass is 16.5. The Balaban J connectivity index is 0.0000001000. The molecular formula is C9H14O. The van der Waals surface area contributed by atoms with E-state index in [-0.39, 0.29) is 0 Å². The molecule has 0 aromatic carbocycles. The van der Waals surface area contributed by atoms with Crippen molar-refractivity contribution in [2.45, 2.75) is 19.3 Å². The highest BCUT2D eigenvalue weighted by Crippen LogP contribution is 1.98. The van der Waals surface area contributed by atoms with Crippen LogP contribution in [0.3, 0.4) is 0 Å². The zero-order valence-corrected chi connectivity index (χ0v) is 6.25. The van der Waals surface area contributed by atoms with Crippen molar-refractivity contribution in [3.8, 4) is 0 Å². The molecule has 2 rings (SSSR count). The molecule has 1 saturated heterocycles. The lowest BCUT2D eigenvalue weighted by Gasteiger charge is -1.76. The molecule has 0 aromatic rings. The first kappa shape index (κ1) is 7.55. The van der Waals surface area contributed by atoms with Gasteiger partial charge in [-0.3, -0.25) is 0 Å². The molecule has 0 N–H and O–H groups in total. The monoisotopic (exact) mass is 138 g/mol. The summed E-state index contributed by atoms with van der Waals surface area (Å²) in [7, 11) is 0. The summed E-state index contributed by atoms with van der Waals surface area (Å²) in [6.45, 7) is 2.00. The highest BCUT2D eigenvalue weighted by Gasteiger charge is 1.94. The molecule has 0 radical (unpaired) electrons. The highest BCUT2D eigenvalue weighted by molar-refractivity contribution is 5.11. The average Bonchev–Trinajstić information content (AvgIpc) is 2.67. The van der Waals surface area contributed by atoms with E-state index in [4.69, 9.17) is 4.74 Å². The van der Waals surface area contributed by atoms with Crippen molar-refractivity contribution < 1.29 is 4.74 Å². The lowest BCUT2D eigenvalue weighted by Crippen LogP contribution is -1.74. The van der Waals surface area contributed by atoms with E-state index in [2.05, 4.69) is 24.3 Å². The van der Waals surface area contributed by atoms with E-state index in [0.717, 1.165) is 19.6 Å². The summed E-state index contributed by atoms with van der Waals surface area (Å²) in [5, 5.41) is 0. The third-order valence-electron chi connectivity index (χ3n) is 1.48. The number of rotatable bonds is 0. The fourth-order valence-electron chi connectivity index (χ4n) is 0.903. The Morgan fingerprint density at radius 1 is 0.900 bits per heavy atom. The fraction of sp³-hybridized carbons (Fsp3) is 0.556. The molecule has 1 aliphatic heterocycles. The summed E-state index contributed by atoms with van der Waals surface area (Å²) in [5.41, 5.74) is 0. The summed E-state index contributed by atoms with van der Waals surface area (Å²) in [5.74, 6) is 0. The van der Waals surface area contributed by atoms with Crippen LogP contribution in [0, 0.1) is 0 Å². The topological polar surface area (TPSA) is 9.23 Å². The fourth-order valence-corrected chi connectivity index (χ4v) is 0.903. The maximum Gasteiger partial charge on any atom is 0.0466 e. The Bertz CT molecular complexity index is 103. The molecule has 0 saturated carbocycles.